The van der Waals surface area contributed by atoms with Crippen LogP contribution in [-0.2, 0) is 0 Å². The summed E-state index contributed by atoms with van der Waals surface area (Å²) < 4.78 is 12.1. The first-order chi connectivity index (χ1) is 3.79. The van der Waals surface area contributed by atoms with E-state index in [1.807, 2.05) is 0 Å². The van der Waals surface area contributed by atoms with Gasteiger partial charge in [0.1, 0.15) is 5.82 Å². The number of hydrogen-bond acceptors (Lipinski definition) is 1. The van der Waals surface area contributed by atoms with Gasteiger partial charge < -0.3 is 0 Å². The summed E-state index contributed by atoms with van der Waals surface area (Å²) in [7, 11) is 0. The minimum Gasteiger partial charge on any atom is -0.207 e. The molecule has 3 heteroatoms. The maximum Gasteiger partial charge on any atom is 0.123 e. The largest absolute Gasteiger partial charge is 0.207 e. The van der Waals surface area contributed by atoms with E-state index < -0.39 is 0 Å². The average molecular weight is 151 g/mol. The van der Waals surface area contributed by atoms with E-state index in [4.69, 9.17) is 0 Å². The molecule has 0 fully saturated rings. The first-order valence-corrected chi connectivity index (χ1v) is 2.68. The van der Waals surface area contributed by atoms with Crippen LogP contribution in [-0.4, -0.2) is 29.6 Å². The SMILES string of the molecule is Fc1ccc(S)cc1.[Na]. The van der Waals surface area contributed by atoms with E-state index in [9.17, 15) is 4.39 Å². The molecule has 43 valence electrons. The van der Waals surface area contributed by atoms with E-state index in [1.54, 1.807) is 12.1 Å². The Hall–Kier alpha value is 0.500. The zero-order chi connectivity index (χ0) is 5.98. The number of halogens is 1. The smallest absolute Gasteiger partial charge is 0.123 e. The predicted octanol–water partition coefficient (Wildman–Crippen LogP) is 1.73. The van der Waals surface area contributed by atoms with Crippen molar-refractivity contribution in [3.63, 3.8) is 0 Å². The van der Waals surface area contributed by atoms with Gasteiger partial charge in [-0.3, -0.25) is 0 Å². The van der Waals surface area contributed by atoms with Gasteiger partial charge in [-0.05, 0) is 24.3 Å². The molecule has 0 aliphatic heterocycles. The zero-order valence-electron chi connectivity index (χ0n) is 5.13. The second-order valence-corrected chi connectivity index (χ2v) is 1.99. The molecular weight excluding hydrogens is 146 g/mol. The van der Waals surface area contributed by atoms with Crippen molar-refractivity contribution in [1.29, 1.82) is 0 Å². The van der Waals surface area contributed by atoms with Crippen molar-refractivity contribution in [2.24, 2.45) is 0 Å². The molecule has 1 aromatic carbocycles. The maximum absolute atomic E-state index is 12.1. The van der Waals surface area contributed by atoms with Gasteiger partial charge in [0.2, 0.25) is 0 Å². The fraction of sp³-hybridized carbons (Fsp3) is 0. The van der Waals surface area contributed by atoms with E-state index >= 15 is 0 Å². The van der Waals surface area contributed by atoms with Crippen LogP contribution in [0.1, 0.15) is 0 Å². The number of thiol groups is 1. The molecule has 0 aliphatic rings. The normalized spacial score (nSPS) is 8.22. The van der Waals surface area contributed by atoms with Gasteiger partial charge in [-0.1, -0.05) is 0 Å². The molecule has 0 N–H and O–H groups in total. The molecule has 0 bridgehead atoms. The van der Waals surface area contributed by atoms with E-state index in [0.29, 0.717) is 0 Å². The standard InChI is InChI=1S/C6H5FS.Na/c7-5-1-3-6(8)4-2-5;/h1-4,8H;. The van der Waals surface area contributed by atoms with Crippen LogP contribution in [0.3, 0.4) is 0 Å². The molecule has 1 rings (SSSR count). The molecule has 0 saturated heterocycles. The van der Waals surface area contributed by atoms with Crippen LogP contribution in [0.4, 0.5) is 4.39 Å². The van der Waals surface area contributed by atoms with Crippen molar-refractivity contribution in [3.05, 3.63) is 30.1 Å². The molecule has 0 amide bonds. The zero-order valence-corrected chi connectivity index (χ0v) is 8.03. The monoisotopic (exact) mass is 151 g/mol. The van der Waals surface area contributed by atoms with Crippen LogP contribution < -0.4 is 0 Å². The Morgan fingerprint density at radius 1 is 1.11 bits per heavy atom. The first-order valence-electron chi connectivity index (χ1n) is 2.23. The molecule has 0 spiro atoms. The van der Waals surface area contributed by atoms with Crippen molar-refractivity contribution in [3.8, 4) is 0 Å². The van der Waals surface area contributed by atoms with Gasteiger partial charge >= 0.3 is 0 Å². The Balaban J connectivity index is 0.000000640. The molecule has 0 aromatic heterocycles. The topological polar surface area (TPSA) is 0 Å². The summed E-state index contributed by atoms with van der Waals surface area (Å²) in [6.07, 6.45) is 0. The fourth-order valence-corrected chi connectivity index (χ4v) is 0.590. The van der Waals surface area contributed by atoms with Gasteiger partial charge in [0, 0.05) is 34.5 Å². The molecule has 0 heterocycles. The second-order valence-electron chi connectivity index (χ2n) is 1.48. The van der Waals surface area contributed by atoms with Gasteiger partial charge in [-0.15, -0.1) is 12.6 Å². The van der Waals surface area contributed by atoms with Crippen molar-refractivity contribution >= 4 is 42.2 Å². The summed E-state index contributed by atoms with van der Waals surface area (Å²) >= 11 is 3.97. The number of benzene rings is 1. The van der Waals surface area contributed by atoms with Crippen molar-refractivity contribution in [2.45, 2.75) is 4.90 Å². The van der Waals surface area contributed by atoms with Crippen LogP contribution in [0.25, 0.3) is 0 Å². The molecule has 1 aromatic rings. The van der Waals surface area contributed by atoms with Gasteiger partial charge in [0.25, 0.3) is 0 Å². The van der Waals surface area contributed by atoms with Crippen LogP contribution in [0.2, 0.25) is 0 Å². The molecule has 0 unspecified atom stereocenters. The minimum absolute atomic E-state index is 0. The summed E-state index contributed by atoms with van der Waals surface area (Å²) in [5.41, 5.74) is 0. The predicted molar refractivity (Wildman–Crippen MR) is 39.4 cm³/mol. The summed E-state index contributed by atoms with van der Waals surface area (Å²) in [4.78, 5) is 0.784. The number of hydrogen-bond donors (Lipinski definition) is 1. The van der Waals surface area contributed by atoms with E-state index in [0.717, 1.165) is 4.90 Å². The first kappa shape index (κ1) is 9.50. The van der Waals surface area contributed by atoms with Gasteiger partial charge in [-0.25, -0.2) is 4.39 Å². The summed E-state index contributed by atoms with van der Waals surface area (Å²) in [6, 6.07) is 5.97. The molecule has 0 aliphatic carbocycles. The molecule has 0 atom stereocenters. The third-order valence-corrected chi connectivity index (χ3v) is 1.12. The van der Waals surface area contributed by atoms with E-state index in [1.165, 1.54) is 12.1 Å². The molecule has 0 saturated carbocycles. The van der Waals surface area contributed by atoms with Crippen LogP contribution in [0.5, 0.6) is 0 Å². The van der Waals surface area contributed by atoms with Gasteiger partial charge in [0.15, 0.2) is 0 Å². The van der Waals surface area contributed by atoms with Crippen molar-refractivity contribution in [1.82, 2.24) is 0 Å². The van der Waals surface area contributed by atoms with E-state index in [-0.39, 0.29) is 35.4 Å². The Morgan fingerprint density at radius 2 is 1.56 bits per heavy atom. The number of rotatable bonds is 0. The van der Waals surface area contributed by atoms with Crippen LogP contribution in [0, 0.1) is 5.82 Å². The second kappa shape index (κ2) is 4.34. The molecule has 0 nitrogen and oxygen atoms in total. The third kappa shape index (κ3) is 3.26. The molecule has 1 radical (unpaired) electrons. The Morgan fingerprint density at radius 3 is 1.89 bits per heavy atom. The summed E-state index contributed by atoms with van der Waals surface area (Å²) in [6.45, 7) is 0. The van der Waals surface area contributed by atoms with Gasteiger partial charge in [0.05, 0.1) is 0 Å². The van der Waals surface area contributed by atoms with Crippen molar-refractivity contribution in [2.75, 3.05) is 0 Å². The van der Waals surface area contributed by atoms with Crippen LogP contribution >= 0.6 is 12.6 Å². The van der Waals surface area contributed by atoms with Gasteiger partial charge in [-0.2, -0.15) is 0 Å². The Kier molecular flexibility index (Phi) is 4.58. The summed E-state index contributed by atoms with van der Waals surface area (Å²) in [5.74, 6) is -0.220. The quantitative estimate of drug-likeness (QED) is 0.423. The fourth-order valence-electron chi connectivity index (χ4n) is 0.441. The molecule has 9 heavy (non-hydrogen) atoms. The van der Waals surface area contributed by atoms with E-state index in [2.05, 4.69) is 12.6 Å². The Bertz CT molecular complexity index is 152. The Labute approximate surface area is 81.2 Å². The van der Waals surface area contributed by atoms with Crippen LogP contribution in [0.15, 0.2) is 29.2 Å². The summed E-state index contributed by atoms with van der Waals surface area (Å²) in [5, 5.41) is 0. The van der Waals surface area contributed by atoms with Crippen molar-refractivity contribution < 1.29 is 4.39 Å². The average Bonchev–Trinajstić information content (AvgIpc) is 1.77. The molecular formula is C6H5FNaS. The minimum atomic E-state index is -0.220. The third-order valence-electron chi connectivity index (χ3n) is 0.827. The maximum atomic E-state index is 12.1.